The maximum atomic E-state index is 11.9. The fourth-order valence-electron chi connectivity index (χ4n) is 2.17. The van der Waals surface area contributed by atoms with Gasteiger partial charge < -0.3 is 19.2 Å². The van der Waals surface area contributed by atoms with Crippen LogP contribution in [0.2, 0.25) is 0 Å². The van der Waals surface area contributed by atoms with Crippen LogP contribution in [0.15, 0.2) is 12.1 Å². The summed E-state index contributed by atoms with van der Waals surface area (Å²) in [6, 6.07) is 5.72. The molecule has 0 fully saturated rings. The summed E-state index contributed by atoms with van der Waals surface area (Å²) in [5, 5.41) is 8.93. The molecule has 0 aliphatic carbocycles. The Labute approximate surface area is 121 Å². The molecular formula is C14H15N3O4. The van der Waals surface area contributed by atoms with E-state index in [0.717, 1.165) is 0 Å². The van der Waals surface area contributed by atoms with Crippen molar-refractivity contribution in [2.75, 3.05) is 21.3 Å². The fourth-order valence-corrected chi connectivity index (χ4v) is 2.17. The summed E-state index contributed by atoms with van der Waals surface area (Å²) in [4.78, 5) is 19.2. The number of carbonyl (C=O) groups is 1. The van der Waals surface area contributed by atoms with Crippen LogP contribution in [0, 0.1) is 11.3 Å². The summed E-state index contributed by atoms with van der Waals surface area (Å²) < 4.78 is 15.1. The quantitative estimate of drug-likeness (QED) is 0.842. The van der Waals surface area contributed by atoms with Gasteiger partial charge in [0.1, 0.15) is 16.8 Å². The Kier molecular flexibility index (Phi) is 4.28. The van der Waals surface area contributed by atoms with E-state index in [2.05, 4.69) is 9.97 Å². The third-order valence-corrected chi connectivity index (χ3v) is 3.19. The SMILES string of the molecule is COC(=O)C(CC#N)c1ccc(OC)c2[nH]c(OC)nc12. The van der Waals surface area contributed by atoms with Gasteiger partial charge in [-0.2, -0.15) is 10.2 Å². The van der Waals surface area contributed by atoms with Gasteiger partial charge in [0.15, 0.2) is 0 Å². The van der Waals surface area contributed by atoms with Crippen LogP contribution in [-0.2, 0) is 9.53 Å². The number of H-pyrrole nitrogens is 1. The normalized spacial score (nSPS) is 11.7. The monoisotopic (exact) mass is 289 g/mol. The lowest BCUT2D eigenvalue weighted by atomic mass is 9.95. The lowest BCUT2D eigenvalue weighted by molar-refractivity contribution is -0.142. The Bertz CT molecular complexity index is 702. The molecule has 110 valence electrons. The number of hydrogen-bond acceptors (Lipinski definition) is 6. The van der Waals surface area contributed by atoms with Crippen LogP contribution in [0.5, 0.6) is 11.8 Å². The molecule has 1 atom stereocenters. The van der Waals surface area contributed by atoms with Gasteiger partial charge in [-0.3, -0.25) is 4.79 Å². The molecule has 0 spiro atoms. The van der Waals surface area contributed by atoms with Crippen LogP contribution >= 0.6 is 0 Å². The number of aromatic amines is 1. The van der Waals surface area contributed by atoms with E-state index in [0.29, 0.717) is 28.4 Å². The highest BCUT2D eigenvalue weighted by Crippen LogP contribution is 2.34. The number of imidazole rings is 1. The van der Waals surface area contributed by atoms with Crippen LogP contribution < -0.4 is 9.47 Å². The van der Waals surface area contributed by atoms with Gasteiger partial charge in [0.2, 0.25) is 0 Å². The summed E-state index contributed by atoms with van der Waals surface area (Å²) in [6.07, 6.45) is 0.00325. The van der Waals surface area contributed by atoms with Crippen LogP contribution in [0.3, 0.4) is 0 Å². The number of fused-ring (bicyclic) bond motifs is 1. The molecule has 1 aromatic heterocycles. The van der Waals surface area contributed by atoms with Crippen molar-refractivity contribution >= 4 is 17.0 Å². The van der Waals surface area contributed by atoms with E-state index in [9.17, 15) is 4.79 Å². The molecule has 2 aromatic rings. The molecule has 21 heavy (non-hydrogen) atoms. The first kappa shape index (κ1) is 14.7. The minimum absolute atomic E-state index is 0.00325. The fraction of sp³-hybridized carbons (Fsp3) is 0.357. The highest BCUT2D eigenvalue weighted by atomic mass is 16.5. The number of aromatic nitrogens is 2. The molecule has 0 bridgehead atoms. The number of benzene rings is 1. The summed E-state index contributed by atoms with van der Waals surface area (Å²) in [5.41, 5.74) is 1.73. The van der Waals surface area contributed by atoms with Crippen molar-refractivity contribution in [2.45, 2.75) is 12.3 Å². The Morgan fingerprint density at radius 1 is 1.38 bits per heavy atom. The molecule has 0 saturated carbocycles. The number of carbonyl (C=O) groups excluding carboxylic acids is 1. The minimum Gasteiger partial charge on any atom is -0.494 e. The molecular weight excluding hydrogens is 274 g/mol. The van der Waals surface area contributed by atoms with E-state index in [1.54, 1.807) is 12.1 Å². The minimum atomic E-state index is -0.707. The molecule has 0 amide bonds. The number of nitrogens with zero attached hydrogens (tertiary/aromatic N) is 2. The molecule has 0 saturated heterocycles. The van der Waals surface area contributed by atoms with Crippen molar-refractivity contribution in [1.82, 2.24) is 9.97 Å². The third-order valence-electron chi connectivity index (χ3n) is 3.19. The largest absolute Gasteiger partial charge is 0.494 e. The van der Waals surface area contributed by atoms with E-state index in [1.165, 1.54) is 21.3 Å². The Morgan fingerprint density at radius 3 is 2.71 bits per heavy atom. The van der Waals surface area contributed by atoms with Gasteiger partial charge in [-0.15, -0.1) is 0 Å². The average Bonchev–Trinajstić information content (AvgIpc) is 2.95. The average molecular weight is 289 g/mol. The highest BCUT2D eigenvalue weighted by Gasteiger charge is 2.26. The second kappa shape index (κ2) is 6.13. The molecule has 0 aliphatic heterocycles. The maximum Gasteiger partial charge on any atom is 0.314 e. The van der Waals surface area contributed by atoms with Crippen LogP contribution in [0.25, 0.3) is 11.0 Å². The topological polar surface area (TPSA) is 97.2 Å². The zero-order valence-electron chi connectivity index (χ0n) is 12.0. The van der Waals surface area contributed by atoms with E-state index in [1.807, 2.05) is 6.07 Å². The molecule has 1 heterocycles. The smallest absolute Gasteiger partial charge is 0.314 e. The summed E-state index contributed by atoms with van der Waals surface area (Å²) in [7, 11) is 4.31. The van der Waals surface area contributed by atoms with Crippen molar-refractivity contribution in [3.05, 3.63) is 17.7 Å². The predicted molar refractivity (Wildman–Crippen MR) is 74.2 cm³/mol. The number of ether oxygens (including phenoxy) is 3. The van der Waals surface area contributed by atoms with Gasteiger partial charge in [0.25, 0.3) is 6.01 Å². The van der Waals surface area contributed by atoms with E-state index in [4.69, 9.17) is 19.5 Å². The van der Waals surface area contributed by atoms with E-state index < -0.39 is 11.9 Å². The molecule has 7 heteroatoms. The van der Waals surface area contributed by atoms with Gasteiger partial charge in [0, 0.05) is 0 Å². The summed E-state index contributed by atoms with van der Waals surface area (Å²) >= 11 is 0. The zero-order chi connectivity index (χ0) is 15.4. The molecule has 0 aliphatic rings. The zero-order valence-corrected chi connectivity index (χ0v) is 12.0. The van der Waals surface area contributed by atoms with Crippen molar-refractivity contribution < 1.29 is 19.0 Å². The standard InChI is InChI=1S/C14H15N3O4/c1-19-10-5-4-8(9(6-7-15)13(18)20-2)11-12(10)17-14(16-11)21-3/h4-5,9H,6H2,1-3H3,(H,16,17). The number of esters is 1. The number of nitrogens with one attached hydrogen (secondary N) is 1. The number of rotatable bonds is 5. The first-order valence-electron chi connectivity index (χ1n) is 6.21. The molecule has 7 nitrogen and oxygen atoms in total. The Morgan fingerprint density at radius 2 is 2.14 bits per heavy atom. The van der Waals surface area contributed by atoms with E-state index in [-0.39, 0.29) is 6.42 Å². The lowest BCUT2D eigenvalue weighted by Gasteiger charge is -2.13. The molecule has 0 radical (unpaired) electrons. The first-order chi connectivity index (χ1) is 10.2. The maximum absolute atomic E-state index is 11.9. The van der Waals surface area contributed by atoms with Crippen molar-refractivity contribution in [3.63, 3.8) is 0 Å². The van der Waals surface area contributed by atoms with Gasteiger partial charge >= 0.3 is 5.97 Å². The Balaban J connectivity index is 2.65. The van der Waals surface area contributed by atoms with Crippen molar-refractivity contribution in [2.24, 2.45) is 0 Å². The van der Waals surface area contributed by atoms with Gasteiger partial charge in [-0.05, 0) is 11.6 Å². The van der Waals surface area contributed by atoms with Crippen molar-refractivity contribution in [1.29, 1.82) is 5.26 Å². The second-order valence-electron chi connectivity index (χ2n) is 4.26. The molecule has 1 N–H and O–H groups in total. The third kappa shape index (κ3) is 2.60. The summed E-state index contributed by atoms with van der Waals surface area (Å²) in [5.74, 6) is -0.614. The number of methoxy groups -OCH3 is 3. The first-order valence-corrected chi connectivity index (χ1v) is 6.21. The van der Waals surface area contributed by atoms with Crippen LogP contribution in [-0.4, -0.2) is 37.3 Å². The highest BCUT2D eigenvalue weighted by molar-refractivity contribution is 5.91. The molecule has 1 unspecified atom stereocenters. The molecule has 2 rings (SSSR count). The van der Waals surface area contributed by atoms with E-state index >= 15 is 0 Å². The lowest BCUT2D eigenvalue weighted by Crippen LogP contribution is -2.14. The summed E-state index contributed by atoms with van der Waals surface area (Å²) in [6.45, 7) is 0. The van der Waals surface area contributed by atoms with Gasteiger partial charge in [0.05, 0.1) is 39.7 Å². The van der Waals surface area contributed by atoms with Crippen LogP contribution in [0.1, 0.15) is 17.9 Å². The predicted octanol–water partition coefficient (Wildman–Crippen LogP) is 1.75. The van der Waals surface area contributed by atoms with Gasteiger partial charge in [-0.25, -0.2) is 0 Å². The Hall–Kier alpha value is -2.75. The van der Waals surface area contributed by atoms with Crippen LogP contribution in [0.4, 0.5) is 0 Å². The van der Waals surface area contributed by atoms with Gasteiger partial charge in [-0.1, -0.05) is 6.07 Å². The molecule has 1 aromatic carbocycles. The second-order valence-corrected chi connectivity index (χ2v) is 4.26. The number of hydrogen-bond donors (Lipinski definition) is 1. The van der Waals surface area contributed by atoms with Crippen molar-refractivity contribution in [3.8, 4) is 17.8 Å². The number of nitriles is 1.